The molecule has 0 aliphatic rings. The standard InChI is InChI=1S/C14H18N4O3/c1-8(2)18-13-9(4-10(15)6-17-13)5-11(14(18)20)21-7-12(19)16-3/h4-6,8H,7,15H2,1-3H3,(H,16,19). The van der Waals surface area contributed by atoms with Crippen LogP contribution in [0, 0.1) is 0 Å². The Morgan fingerprint density at radius 1 is 1.48 bits per heavy atom. The first kappa shape index (κ1) is 14.8. The van der Waals surface area contributed by atoms with Crippen molar-refractivity contribution in [3.8, 4) is 5.75 Å². The number of nitrogens with zero attached hydrogens (tertiary/aromatic N) is 2. The zero-order valence-electron chi connectivity index (χ0n) is 12.2. The molecule has 7 nitrogen and oxygen atoms in total. The molecule has 112 valence electrons. The first-order valence-corrected chi connectivity index (χ1v) is 6.58. The zero-order chi connectivity index (χ0) is 15.6. The highest BCUT2D eigenvalue weighted by atomic mass is 16.5. The molecule has 0 aromatic carbocycles. The maximum Gasteiger partial charge on any atom is 0.294 e. The van der Waals surface area contributed by atoms with E-state index in [9.17, 15) is 9.59 Å². The van der Waals surface area contributed by atoms with Crippen molar-refractivity contribution in [2.75, 3.05) is 19.4 Å². The van der Waals surface area contributed by atoms with Gasteiger partial charge in [-0.15, -0.1) is 0 Å². The van der Waals surface area contributed by atoms with E-state index in [0.717, 1.165) is 0 Å². The fraction of sp³-hybridized carbons (Fsp3) is 0.357. The van der Waals surface area contributed by atoms with Gasteiger partial charge in [0.2, 0.25) is 0 Å². The van der Waals surface area contributed by atoms with E-state index in [0.29, 0.717) is 16.7 Å². The molecule has 2 aromatic heterocycles. The van der Waals surface area contributed by atoms with E-state index >= 15 is 0 Å². The summed E-state index contributed by atoms with van der Waals surface area (Å²) < 4.78 is 6.84. The summed E-state index contributed by atoms with van der Waals surface area (Å²) in [6.45, 7) is 3.54. The number of hydrogen-bond acceptors (Lipinski definition) is 5. The lowest BCUT2D eigenvalue weighted by atomic mass is 10.2. The summed E-state index contributed by atoms with van der Waals surface area (Å²) in [6.07, 6.45) is 1.51. The van der Waals surface area contributed by atoms with Gasteiger partial charge in [0, 0.05) is 18.5 Å². The summed E-state index contributed by atoms with van der Waals surface area (Å²) in [6, 6.07) is 3.18. The van der Waals surface area contributed by atoms with Gasteiger partial charge in [0.15, 0.2) is 12.4 Å². The Kier molecular flexibility index (Phi) is 4.11. The first-order chi connectivity index (χ1) is 9.93. The van der Waals surface area contributed by atoms with Crippen LogP contribution in [-0.2, 0) is 4.79 Å². The minimum absolute atomic E-state index is 0.0975. The number of amides is 1. The molecule has 0 unspecified atom stereocenters. The largest absolute Gasteiger partial charge is 0.478 e. The molecular formula is C14H18N4O3. The molecular weight excluding hydrogens is 272 g/mol. The average molecular weight is 290 g/mol. The third-order valence-corrected chi connectivity index (χ3v) is 3.01. The molecule has 7 heteroatoms. The van der Waals surface area contributed by atoms with Gasteiger partial charge in [-0.2, -0.15) is 0 Å². The number of aromatic nitrogens is 2. The van der Waals surface area contributed by atoms with Crippen LogP contribution in [0.15, 0.2) is 23.1 Å². The van der Waals surface area contributed by atoms with Crippen LogP contribution in [0.3, 0.4) is 0 Å². The van der Waals surface area contributed by atoms with Crippen molar-refractivity contribution in [1.82, 2.24) is 14.9 Å². The molecule has 2 heterocycles. The van der Waals surface area contributed by atoms with E-state index in [1.54, 1.807) is 12.1 Å². The summed E-state index contributed by atoms with van der Waals surface area (Å²) in [5.41, 5.74) is 6.44. The predicted molar refractivity (Wildman–Crippen MR) is 80.4 cm³/mol. The quantitative estimate of drug-likeness (QED) is 0.863. The fourth-order valence-electron chi connectivity index (χ4n) is 2.01. The van der Waals surface area contributed by atoms with Gasteiger partial charge in [0.25, 0.3) is 11.5 Å². The van der Waals surface area contributed by atoms with Gasteiger partial charge in [-0.05, 0) is 26.0 Å². The van der Waals surface area contributed by atoms with Crippen LogP contribution in [0.2, 0.25) is 0 Å². The molecule has 2 rings (SSSR count). The number of rotatable bonds is 4. The van der Waals surface area contributed by atoms with Crippen molar-refractivity contribution < 1.29 is 9.53 Å². The second-order valence-corrected chi connectivity index (χ2v) is 4.92. The normalized spacial score (nSPS) is 10.9. The summed E-state index contributed by atoms with van der Waals surface area (Å²) >= 11 is 0. The average Bonchev–Trinajstić information content (AvgIpc) is 2.44. The number of carbonyl (C=O) groups excluding carboxylic acids is 1. The molecule has 0 radical (unpaired) electrons. The van der Waals surface area contributed by atoms with E-state index in [1.165, 1.54) is 17.8 Å². The molecule has 0 saturated carbocycles. The van der Waals surface area contributed by atoms with Gasteiger partial charge in [-0.25, -0.2) is 4.98 Å². The molecule has 21 heavy (non-hydrogen) atoms. The van der Waals surface area contributed by atoms with E-state index in [2.05, 4.69) is 10.3 Å². The van der Waals surface area contributed by atoms with Gasteiger partial charge in [0.05, 0.1) is 11.9 Å². The summed E-state index contributed by atoms with van der Waals surface area (Å²) in [4.78, 5) is 27.9. The Balaban J connectivity index is 2.58. The maximum atomic E-state index is 12.4. The van der Waals surface area contributed by atoms with Crippen LogP contribution in [0.25, 0.3) is 11.0 Å². The number of ether oxygens (including phenoxy) is 1. The Labute approximate surface area is 121 Å². The Morgan fingerprint density at radius 3 is 2.81 bits per heavy atom. The SMILES string of the molecule is CNC(=O)COc1cc2cc(N)cnc2n(C(C)C)c1=O. The highest BCUT2D eigenvalue weighted by Gasteiger charge is 2.14. The van der Waals surface area contributed by atoms with Crippen LogP contribution in [0.1, 0.15) is 19.9 Å². The zero-order valence-corrected chi connectivity index (χ0v) is 12.2. The second-order valence-electron chi connectivity index (χ2n) is 4.92. The van der Waals surface area contributed by atoms with Crippen LogP contribution < -0.4 is 21.3 Å². The highest BCUT2D eigenvalue weighted by molar-refractivity contribution is 5.80. The van der Waals surface area contributed by atoms with Crippen molar-refractivity contribution in [2.24, 2.45) is 0 Å². The van der Waals surface area contributed by atoms with Crippen molar-refractivity contribution in [2.45, 2.75) is 19.9 Å². The number of nitrogens with two attached hydrogens (primary N) is 1. The molecule has 1 amide bonds. The number of nitrogens with one attached hydrogen (secondary N) is 1. The molecule has 0 aliphatic carbocycles. The smallest absolute Gasteiger partial charge is 0.294 e. The summed E-state index contributed by atoms with van der Waals surface area (Å²) in [5.74, 6) is -0.205. The molecule has 2 aromatic rings. The van der Waals surface area contributed by atoms with Crippen LogP contribution in [0.5, 0.6) is 5.75 Å². The number of hydrogen-bond donors (Lipinski definition) is 2. The van der Waals surface area contributed by atoms with Crippen LogP contribution >= 0.6 is 0 Å². The number of carbonyl (C=O) groups is 1. The molecule has 0 atom stereocenters. The Bertz CT molecular complexity index is 737. The predicted octanol–water partition coefficient (Wildman–Crippen LogP) is 0.684. The fourth-order valence-corrected chi connectivity index (χ4v) is 2.01. The lowest BCUT2D eigenvalue weighted by Crippen LogP contribution is -2.29. The third kappa shape index (κ3) is 2.96. The number of pyridine rings is 2. The van der Waals surface area contributed by atoms with Crippen LogP contribution in [0.4, 0.5) is 5.69 Å². The summed E-state index contributed by atoms with van der Waals surface area (Å²) in [5, 5.41) is 3.12. The maximum absolute atomic E-state index is 12.4. The number of anilines is 1. The molecule has 0 aliphatic heterocycles. The number of likely N-dealkylation sites (N-methyl/N-ethyl adjacent to an activating group) is 1. The minimum Gasteiger partial charge on any atom is -0.478 e. The first-order valence-electron chi connectivity index (χ1n) is 6.58. The molecule has 0 saturated heterocycles. The summed E-state index contributed by atoms with van der Waals surface area (Å²) in [7, 11) is 1.50. The number of nitrogen functional groups attached to an aromatic ring is 1. The van der Waals surface area contributed by atoms with Crippen molar-refractivity contribution in [3.05, 3.63) is 28.7 Å². The van der Waals surface area contributed by atoms with Gasteiger partial charge < -0.3 is 15.8 Å². The Morgan fingerprint density at radius 2 is 2.19 bits per heavy atom. The Hall–Kier alpha value is -2.57. The van der Waals surface area contributed by atoms with E-state index in [-0.39, 0.29) is 29.9 Å². The van der Waals surface area contributed by atoms with Crippen LogP contribution in [-0.4, -0.2) is 29.1 Å². The lowest BCUT2D eigenvalue weighted by molar-refractivity contribution is -0.122. The molecule has 0 bridgehead atoms. The lowest BCUT2D eigenvalue weighted by Gasteiger charge is -2.15. The van der Waals surface area contributed by atoms with E-state index in [4.69, 9.17) is 10.5 Å². The van der Waals surface area contributed by atoms with Crippen molar-refractivity contribution >= 4 is 22.6 Å². The second kappa shape index (κ2) is 5.82. The highest BCUT2D eigenvalue weighted by Crippen LogP contribution is 2.20. The van der Waals surface area contributed by atoms with Crippen molar-refractivity contribution in [3.63, 3.8) is 0 Å². The van der Waals surface area contributed by atoms with E-state index < -0.39 is 0 Å². The van der Waals surface area contributed by atoms with Gasteiger partial charge in [-0.1, -0.05) is 0 Å². The molecule has 0 fully saturated rings. The van der Waals surface area contributed by atoms with Gasteiger partial charge >= 0.3 is 0 Å². The number of fused-ring (bicyclic) bond motifs is 1. The van der Waals surface area contributed by atoms with Gasteiger partial charge in [-0.3, -0.25) is 14.2 Å². The molecule has 3 N–H and O–H groups in total. The third-order valence-electron chi connectivity index (χ3n) is 3.01. The van der Waals surface area contributed by atoms with E-state index in [1.807, 2.05) is 13.8 Å². The monoisotopic (exact) mass is 290 g/mol. The van der Waals surface area contributed by atoms with Crippen molar-refractivity contribution in [1.29, 1.82) is 0 Å². The molecule has 0 spiro atoms. The minimum atomic E-state index is -0.321. The van der Waals surface area contributed by atoms with Gasteiger partial charge in [0.1, 0.15) is 5.65 Å². The topological polar surface area (TPSA) is 99.2 Å².